The second-order valence-electron chi connectivity index (χ2n) is 4.40. The average Bonchev–Trinajstić information content (AvgIpc) is 2.77. The van der Waals surface area contributed by atoms with Crippen LogP contribution in [-0.4, -0.2) is 0 Å². The monoisotopic (exact) mass is 351 g/mol. The van der Waals surface area contributed by atoms with E-state index in [1.807, 2.05) is 84.0 Å². The fourth-order valence-electron chi connectivity index (χ4n) is 2.33. The Bertz CT molecular complexity index is 686. The molecule has 0 saturated carbocycles. The van der Waals surface area contributed by atoms with Crippen LogP contribution in [0.15, 0.2) is 91.4 Å². The first-order chi connectivity index (χ1) is 12.8. The van der Waals surface area contributed by atoms with Gasteiger partial charge >= 0.3 is 0 Å². The molecular weight excluding hydrogens is 318 g/mol. The first-order valence-corrected chi connectivity index (χ1v) is 9.46. The van der Waals surface area contributed by atoms with Crippen LogP contribution in [0.1, 0.15) is 41.5 Å². The van der Waals surface area contributed by atoms with Crippen molar-refractivity contribution in [2.45, 2.75) is 41.5 Å². The highest BCUT2D eigenvalue weighted by atomic mass is 16.5. The molecule has 140 valence electrons. The van der Waals surface area contributed by atoms with Crippen LogP contribution in [0.2, 0.25) is 0 Å². The van der Waals surface area contributed by atoms with Gasteiger partial charge in [-0.05, 0) is 36.4 Å². The molecule has 3 rings (SSSR count). The quantitative estimate of drug-likeness (QED) is 0.557. The molecule has 0 amide bonds. The van der Waals surface area contributed by atoms with Crippen LogP contribution in [0.4, 0.5) is 11.4 Å². The summed E-state index contributed by atoms with van der Waals surface area (Å²) in [5, 5.41) is 0. The van der Waals surface area contributed by atoms with Gasteiger partial charge in [0.15, 0.2) is 11.5 Å². The molecule has 2 aromatic carbocycles. The van der Waals surface area contributed by atoms with Crippen molar-refractivity contribution in [3.8, 4) is 5.75 Å². The maximum atomic E-state index is 5.88. The van der Waals surface area contributed by atoms with Crippen molar-refractivity contribution in [1.82, 2.24) is 0 Å². The molecule has 0 aromatic heterocycles. The van der Waals surface area contributed by atoms with Crippen molar-refractivity contribution in [2.75, 3.05) is 4.90 Å². The van der Waals surface area contributed by atoms with Crippen molar-refractivity contribution in [3.63, 3.8) is 0 Å². The molecule has 0 spiro atoms. The summed E-state index contributed by atoms with van der Waals surface area (Å²) in [6.07, 6.45) is 3.50. The van der Waals surface area contributed by atoms with E-state index in [4.69, 9.17) is 4.74 Å². The zero-order chi connectivity index (χ0) is 19.9. The van der Waals surface area contributed by atoms with E-state index in [-0.39, 0.29) is 0 Å². The van der Waals surface area contributed by atoms with Gasteiger partial charge in [-0.15, -0.1) is 0 Å². The van der Waals surface area contributed by atoms with Crippen molar-refractivity contribution in [3.05, 3.63) is 91.4 Å². The van der Waals surface area contributed by atoms with Gasteiger partial charge in [-0.1, -0.05) is 85.0 Å². The fraction of sp³-hybridized carbons (Fsp3) is 0.250. The lowest BCUT2D eigenvalue weighted by molar-refractivity contribution is 0.431. The minimum atomic E-state index is 0.711. The summed E-state index contributed by atoms with van der Waals surface area (Å²) in [5.41, 5.74) is 2.96. The van der Waals surface area contributed by atoms with Gasteiger partial charge < -0.3 is 9.64 Å². The van der Waals surface area contributed by atoms with Gasteiger partial charge in [-0.2, -0.15) is 0 Å². The van der Waals surface area contributed by atoms with E-state index in [1.54, 1.807) is 12.2 Å². The Labute approximate surface area is 160 Å². The zero-order valence-corrected chi connectivity index (χ0v) is 17.1. The first-order valence-electron chi connectivity index (χ1n) is 9.46. The number of para-hydroxylation sites is 3. The molecule has 1 aliphatic rings. The van der Waals surface area contributed by atoms with Gasteiger partial charge in [-0.3, -0.25) is 0 Å². The van der Waals surface area contributed by atoms with Crippen LogP contribution in [-0.2, 0) is 0 Å². The normalized spacial score (nSPS) is 11.1. The van der Waals surface area contributed by atoms with E-state index in [0.29, 0.717) is 5.76 Å². The Morgan fingerprint density at radius 2 is 1.27 bits per heavy atom. The predicted octanol–water partition coefficient (Wildman–Crippen LogP) is 7.88. The lowest BCUT2D eigenvalue weighted by Crippen LogP contribution is -2.22. The van der Waals surface area contributed by atoms with Crippen LogP contribution < -0.4 is 9.64 Å². The molecule has 0 radical (unpaired) electrons. The standard InChI is InChI=1S/C18H15NO.3C2H6/c1-3-15-17(4-2)20-18-13-9-8-12-16(18)19(15)14-10-6-5-7-11-14;3*1-2/h3-13H,1-2H2;3*1-2H3. The van der Waals surface area contributed by atoms with Crippen molar-refractivity contribution >= 4 is 11.4 Å². The maximum absolute atomic E-state index is 5.88. The molecule has 0 aliphatic carbocycles. The SMILES string of the molecule is C=CC1=C(C=C)N(c2ccccc2)c2ccccc2O1.CC.CC.CC. The van der Waals surface area contributed by atoms with Crippen molar-refractivity contribution < 1.29 is 4.74 Å². The van der Waals surface area contributed by atoms with Gasteiger partial charge in [0.2, 0.25) is 0 Å². The Hall–Kier alpha value is -2.74. The third kappa shape index (κ3) is 5.38. The van der Waals surface area contributed by atoms with Gasteiger partial charge in [0.25, 0.3) is 0 Å². The zero-order valence-electron chi connectivity index (χ0n) is 17.1. The minimum Gasteiger partial charge on any atom is -0.453 e. The Morgan fingerprint density at radius 3 is 1.81 bits per heavy atom. The molecule has 0 atom stereocenters. The highest BCUT2D eigenvalue weighted by Gasteiger charge is 2.24. The minimum absolute atomic E-state index is 0.711. The molecule has 0 unspecified atom stereocenters. The number of allylic oxidation sites excluding steroid dienone is 2. The summed E-state index contributed by atoms with van der Waals surface area (Å²) in [6, 6.07) is 18.1. The molecule has 0 saturated heterocycles. The van der Waals surface area contributed by atoms with Gasteiger partial charge in [0.05, 0.1) is 11.4 Å². The molecule has 0 fully saturated rings. The lowest BCUT2D eigenvalue weighted by Gasteiger charge is -2.33. The number of nitrogens with zero attached hydrogens (tertiary/aromatic N) is 1. The van der Waals surface area contributed by atoms with Crippen LogP contribution in [0.5, 0.6) is 5.75 Å². The van der Waals surface area contributed by atoms with Gasteiger partial charge in [0, 0.05) is 5.69 Å². The number of anilines is 2. The Kier molecular flexibility index (Phi) is 12.1. The molecule has 26 heavy (non-hydrogen) atoms. The van der Waals surface area contributed by atoms with E-state index in [2.05, 4.69) is 30.2 Å². The smallest absolute Gasteiger partial charge is 0.151 e. The topological polar surface area (TPSA) is 12.5 Å². The highest BCUT2D eigenvalue weighted by Crippen LogP contribution is 2.42. The fourth-order valence-corrected chi connectivity index (χ4v) is 2.33. The predicted molar refractivity (Wildman–Crippen MR) is 117 cm³/mol. The van der Waals surface area contributed by atoms with E-state index in [0.717, 1.165) is 22.8 Å². The maximum Gasteiger partial charge on any atom is 0.151 e. The molecular formula is C24H33NO. The van der Waals surface area contributed by atoms with E-state index in [9.17, 15) is 0 Å². The summed E-state index contributed by atoms with van der Waals surface area (Å²) in [4.78, 5) is 2.13. The van der Waals surface area contributed by atoms with Crippen LogP contribution >= 0.6 is 0 Å². The Morgan fingerprint density at radius 1 is 0.731 bits per heavy atom. The molecule has 2 heteroatoms. The summed E-state index contributed by atoms with van der Waals surface area (Å²) in [5.74, 6) is 1.53. The second-order valence-corrected chi connectivity index (χ2v) is 4.40. The molecule has 2 aromatic rings. The first kappa shape index (κ1) is 23.3. The number of hydrogen-bond acceptors (Lipinski definition) is 2. The van der Waals surface area contributed by atoms with Gasteiger partial charge in [0.1, 0.15) is 0 Å². The van der Waals surface area contributed by atoms with Gasteiger partial charge in [-0.25, -0.2) is 0 Å². The van der Waals surface area contributed by atoms with E-state index >= 15 is 0 Å². The number of rotatable bonds is 3. The third-order valence-electron chi connectivity index (χ3n) is 3.21. The average molecular weight is 352 g/mol. The second kappa shape index (κ2) is 13.5. The van der Waals surface area contributed by atoms with Crippen molar-refractivity contribution in [1.29, 1.82) is 0 Å². The summed E-state index contributed by atoms with van der Waals surface area (Å²) in [6.45, 7) is 19.7. The number of fused-ring (bicyclic) bond motifs is 1. The number of benzene rings is 2. The molecule has 0 bridgehead atoms. The largest absolute Gasteiger partial charge is 0.453 e. The Balaban J connectivity index is 0.000000948. The van der Waals surface area contributed by atoms with Crippen LogP contribution in [0, 0.1) is 0 Å². The number of hydrogen-bond donors (Lipinski definition) is 0. The van der Waals surface area contributed by atoms with Crippen molar-refractivity contribution in [2.24, 2.45) is 0 Å². The number of ether oxygens (including phenoxy) is 1. The third-order valence-corrected chi connectivity index (χ3v) is 3.21. The van der Waals surface area contributed by atoms with E-state index < -0.39 is 0 Å². The van der Waals surface area contributed by atoms with Crippen LogP contribution in [0.3, 0.4) is 0 Å². The molecule has 1 heterocycles. The molecule has 1 aliphatic heterocycles. The molecule has 2 nitrogen and oxygen atoms in total. The lowest BCUT2D eigenvalue weighted by atomic mass is 10.1. The summed E-state index contributed by atoms with van der Waals surface area (Å²) >= 11 is 0. The summed E-state index contributed by atoms with van der Waals surface area (Å²) in [7, 11) is 0. The molecule has 0 N–H and O–H groups in total. The highest BCUT2D eigenvalue weighted by molar-refractivity contribution is 5.77. The summed E-state index contributed by atoms with van der Waals surface area (Å²) < 4.78 is 5.88. The van der Waals surface area contributed by atoms with E-state index in [1.165, 1.54) is 0 Å². The van der Waals surface area contributed by atoms with Crippen LogP contribution in [0.25, 0.3) is 0 Å².